The SMILES string of the molecule is COC(=O)[C@@H]1C[C@H]1c1ccc(OC)cc1. The summed E-state index contributed by atoms with van der Waals surface area (Å²) in [5.74, 6) is 1.14. The summed E-state index contributed by atoms with van der Waals surface area (Å²) in [7, 11) is 3.08. The minimum atomic E-state index is -0.101. The number of benzene rings is 1. The molecule has 3 heteroatoms. The molecule has 1 aliphatic rings. The standard InChI is InChI=1S/C12H14O3/c1-14-9-5-3-8(4-6-9)10-7-11(10)12(13)15-2/h3-6,10-11H,7H2,1-2H3/t10-,11+/m0/s1. The molecule has 1 fully saturated rings. The Morgan fingerprint density at radius 3 is 2.47 bits per heavy atom. The fourth-order valence-corrected chi connectivity index (χ4v) is 1.83. The van der Waals surface area contributed by atoms with E-state index in [9.17, 15) is 4.79 Å². The highest BCUT2D eigenvalue weighted by Gasteiger charge is 2.44. The molecule has 0 unspecified atom stereocenters. The topological polar surface area (TPSA) is 35.5 Å². The summed E-state index contributed by atoms with van der Waals surface area (Å²) in [6.07, 6.45) is 0.902. The van der Waals surface area contributed by atoms with Gasteiger partial charge in [0.1, 0.15) is 5.75 Å². The number of rotatable bonds is 3. The van der Waals surface area contributed by atoms with E-state index in [1.165, 1.54) is 12.7 Å². The van der Waals surface area contributed by atoms with Crippen LogP contribution in [0.25, 0.3) is 0 Å². The first kappa shape index (κ1) is 10.0. The van der Waals surface area contributed by atoms with E-state index in [4.69, 9.17) is 9.47 Å². The van der Waals surface area contributed by atoms with Gasteiger partial charge in [0.2, 0.25) is 0 Å². The van der Waals surface area contributed by atoms with Crippen molar-refractivity contribution in [2.75, 3.05) is 14.2 Å². The van der Waals surface area contributed by atoms with Crippen LogP contribution in [0.3, 0.4) is 0 Å². The van der Waals surface area contributed by atoms with Crippen LogP contribution in [0.15, 0.2) is 24.3 Å². The van der Waals surface area contributed by atoms with Crippen LogP contribution in [-0.2, 0) is 9.53 Å². The van der Waals surface area contributed by atoms with Crippen molar-refractivity contribution in [1.29, 1.82) is 0 Å². The number of ether oxygens (including phenoxy) is 2. The molecule has 0 amide bonds. The van der Waals surface area contributed by atoms with Gasteiger partial charge in [-0.1, -0.05) is 12.1 Å². The van der Waals surface area contributed by atoms with Crippen molar-refractivity contribution >= 4 is 5.97 Å². The Bertz CT molecular complexity index is 356. The molecule has 0 aromatic heterocycles. The fraction of sp³-hybridized carbons (Fsp3) is 0.417. The predicted molar refractivity (Wildman–Crippen MR) is 55.9 cm³/mol. The van der Waals surface area contributed by atoms with E-state index in [-0.39, 0.29) is 11.9 Å². The molecule has 15 heavy (non-hydrogen) atoms. The maximum Gasteiger partial charge on any atom is 0.309 e. The van der Waals surface area contributed by atoms with Gasteiger partial charge in [0.15, 0.2) is 0 Å². The van der Waals surface area contributed by atoms with Crippen molar-refractivity contribution in [3.05, 3.63) is 29.8 Å². The summed E-state index contributed by atoms with van der Waals surface area (Å²) in [5, 5.41) is 0. The highest BCUT2D eigenvalue weighted by atomic mass is 16.5. The molecule has 0 radical (unpaired) electrons. The Labute approximate surface area is 89.0 Å². The molecule has 0 spiro atoms. The van der Waals surface area contributed by atoms with Crippen LogP contribution in [0.4, 0.5) is 0 Å². The second kappa shape index (κ2) is 3.93. The van der Waals surface area contributed by atoms with Crippen molar-refractivity contribution < 1.29 is 14.3 Å². The van der Waals surface area contributed by atoms with Gasteiger partial charge < -0.3 is 9.47 Å². The molecule has 1 aliphatic carbocycles. The summed E-state index contributed by atoms with van der Waals surface area (Å²) < 4.78 is 9.78. The lowest BCUT2D eigenvalue weighted by atomic mass is 10.1. The molecular weight excluding hydrogens is 192 g/mol. The van der Waals surface area contributed by atoms with Gasteiger partial charge in [-0.05, 0) is 30.0 Å². The van der Waals surface area contributed by atoms with Crippen LogP contribution < -0.4 is 4.74 Å². The summed E-state index contributed by atoms with van der Waals surface area (Å²) >= 11 is 0. The average molecular weight is 206 g/mol. The molecule has 1 aromatic rings. The maximum atomic E-state index is 11.2. The lowest BCUT2D eigenvalue weighted by molar-refractivity contribution is -0.142. The number of carbonyl (C=O) groups excluding carboxylic acids is 1. The number of hydrogen-bond donors (Lipinski definition) is 0. The minimum absolute atomic E-state index is 0.0587. The molecule has 0 aliphatic heterocycles. The third-order valence-electron chi connectivity index (χ3n) is 2.84. The summed E-state index contributed by atoms with van der Waals surface area (Å²) in [6, 6.07) is 7.85. The van der Waals surface area contributed by atoms with Crippen molar-refractivity contribution in [2.45, 2.75) is 12.3 Å². The third-order valence-corrected chi connectivity index (χ3v) is 2.84. The minimum Gasteiger partial charge on any atom is -0.497 e. The molecule has 0 bridgehead atoms. The highest BCUT2D eigenvalue weighted by molar-refractivity contribution is 5.77. The van der Waals surface area contributed by atoms with E-state index in [1.54, 1.807) is 7.11 Å². The van der Waals surface area contributed by atoms with E-state index in [2.05, 4.69) is 0 Å². The summed E-state index contributed by atoms with van der Waals surface area (Å²) in [6.45, 7) is 0. The first-order valence-electron chi connectivity index (χ1n) is 4.98. The van der Waals surface area contributed by atoms with E-state index in [1.807, 2.05) is 24.3 Å². The van der Waals surface area contributed by atoms with E-state index in [0.29, 0.717) is 5.92 Å². The van der Waals surface area contributed by atoms with E-state index >= 15 is 0 Å². The molecule has 2 atom stereocenters. The Hall–Kier alpha value is -1.51. The van der Waals surface area contributed by atoms with Crippen molar-refractivity contribution in [2.24, 2.45) is 5.92 Å². The van der Waals surface area contributed by atoms with Gasteiger partial charge >= 0.3 is 5.97 Å². The number of methoxy groups -OCH3 is 2. The fourth-order valence-electron chi connectivity index (χ4n) is 1.83. The summed E-state index contributed by atoms with van der Waals surface area (Å²) in [5.41, 5.74) is 1.19. The average Bonchev–Trinajstić information content (AvgIpc) is 3.08. The molecule has 2 rings (SSSR count). The molecule has 1 aromatic carbocycles. The normalized spacial score (nSPS) is 23.3. The molecular formula is C12H14O3. The largest absolute Gasteiger partial charge is 0.497 e. The first-order valence-corrected chi connectivity index (χ1v) is 4.98. The third kappa shape index (κ3) is 1.96. The number of esters is 1. The second-order valence-corrected chi connectivity index (χ2v) is 3.75. The smallest absolute Gasteiger partial charge is 0.309 e. The quantitative estimate of drug-likeness (QED) is 0.709. The zero-order chi connectivity index (χ0) is 10.8. The van der Waals surface area contributed by atoms with Gasteiger partial charge in [-0.2, -0.15) is 0 Å². The lowest BCUT2D eigenvalue weighted by Gasteiger charge is -2.02. The van der Waals surface area contributed by atoms with E-state index < -0.39 is 0 Å². The first-order chi connectivity index (χ1) is 7.26. The van der Waals surface area contributed by atoms with Crippen LogP contribution in [0.2, 0.25) is 0 Å². The molecule has 80 valence electrons. The van der Waals surface area contributed by atoms with Gasteiger partial charge in [0, 0.05) is 0 Å². The van der Waals surface area contributed by atoms with Crippen molar-refractivity contribution in [3.63, 3.8) is 0 Å². The molecule has 3 nitrogen and oxygen atoms in total. The predicted octanol–water partition coefficient (Wildman–Crippen LogP) is 1.97. The van der Waals surface area contributed by atoms with Gasteiger partial charge in [0.25, 0.3) is 0 Å². The molecule has 0 saturated heterocycles. The second-order valence-electron chi connectivity index (χ2n) is 3.75. The lowest BCUT2D eigenvalue weighted by Crippen LogP contribution is -2.03. The highest BCUT2D eigenvalue weighted by Crippen LogP contribution is 2.48. The van der Waals surface area contributed by atoms with Gasteiger partial charge in [-0.15, -0.1) is 0 Å². The Balaban J connectivity index is 2.04. The van der Waals surface area contributed by atoms with Crippen LogP contribution in [0, 0.1) is 5.92 Å². The van der Waals surface area contributed by atoms with Gasteiger partial charge in [-0.25, -0.2) is 0 Å². The zero-order valence-electron chi connectivity index (χ0n) is 8.90. The molecule has 0 heterocycles. The zero-order valence-corrected chi connectivity index (χ0v) is 8.90. The maximum absolute atomic E-state index is 11.2. The Morgan fingerprint density at radius 2 is 1.93 bits per heavy atom. The number of hydrogen-bond acceptors (Lipinski definition) is 3. The van der Waals surface area contributed by atoms with Crippen molar-refractivity contribution in [3.8, 4) is 5.75 Å². The van der Waals surface area contributed by atoms with Gasteiger partial charge in [0.05, 0.1) is 20.1 Å². The van der Waals surface area contributed by atoms with Crippen molar-refractivity contribution in [1.82, 2.24) is 0 Å². The summed E-state index contributed by atoms with van der Waals surface area (Å²) in [4.78, 5) is 11.2. The Morgan fingerprint density at radius 1 is 1.27 bits per heavy atom. The van der Waals surface area contributed by atoms with E-state index in [0.717, 1.165) is 12.2 Å². The van der Waals surface area contributed by atoms with Gasteiger partial charge in [-0.3, -0.25) is 4.79 Å². The monoisotopic (exact) mass is 206 g/mol. The molecule has 1 saturated carbocycles. The number of carbonyl (C=O) groups is 1. The molecule has 0 N–H and O–H groups in total. The van der Waals surface area contributed by atoms with Crippen LogP contribution in [-0.4, -0.2) is 20.2 Å². The van der Waals surface area contributed by atoms with Crippen LogP contribution in [0.1, 0.15) is 17.9 Å². The Kier molecular flexibility index (Phi) is 2.62. The van der Waals surface area contributed by atoms with Crippen LogP contribution >= 0.6 is 0 Å². The van der Waals surface area contributed by atoms with Crippen LogP contribution in [0.5, 0.6) is 5.75 Å².